The second-order valence-corrected chi connectivity index (χ2v) is 6.61. The fraction of sp³-hybridized carbons (Fsp3) is 0.200. The molecule has 2 N–H and O–H groups in total. The molecular formula is C20H19N5O. The highest BCUT2D eigenvalue weighted by atomic mass is 16.1. The van der Waals surface area contributed by atoms with Gasteiger partial charge in [-0.15, -0.1) is 0 Å². The monoisotopic (exact) mass is 345 g/mol. The summed E-state index contributed by atoms with van der Waals surface area (Å²) in [5, 5.41) is 4.49. The van der Waals surface area contributed by atoms with Crippen molar-refractivity contribution in [3.05, 3.63) is 65.2 Å². The van der Waals surface area contributed by atoms with Gasteiger partial charge in [-0.3, -0.25) is 9.20 Å². The second kappa shape index (κ2) is 6.00. The van der Waals surface area contributed by atoms with Gasteiger partial charge in [0, 0.05) is 55.7 Å². The first-order chi connectivity index (χ1) is 12.8. The van der Waals surface area contributed by atoms with E-state index in [9.17, 15) is 4.79 Å². The smallest absolute Gasteiger partial charge is 0.258 e. The summed E-state index contributed by atoms with van der Waals surface area (Å²) in [5.41, 5.74) is 4.33. The van der Waals surface area contributed by atoms with Crippen molar-refractivity contribution in [2.24, 2.45) is 0 Å². The van der Waals surface area contributed by atoms with Gasteiger partial charge in [-0.2, -0.15) is 0 Å². The number of fused-ring (bicyclic) bond motifs is 2. The van der Waals surface area contributed by atoms with Crippen LogP contribution in [0.4, 0.5) is 5.69 Å². The zero-order valence-corrected chi connectivity index (χ0v) is 14.3. The molecule has 0 radical (unpaired) electrons. The molecule has 1 aromatic carbocycles. The molecule has 1 fully saturated rings. The number of rotatable bonds is 2. The van der Waals surface area contributed by atoms with Gasteiger partial charge in [0.1, 0.15) is 5.65 Å². The van der Waals surface area contributed by atoms with E-state index in [4.69, 9.17) is 4.98 Å². The topological polar surface area (TPSA) is 65.4 Å². The highest BCUT2D eigenvalue weighted by molar-refractivity contribution is 5.84. The van der Waals surface area contributed by atoms with Crippen LogP contribution in [0.15, 0.2) is 59.7 Å². The maximum atomic E-state index is 12.7. The summed E-state index contributed by atoms with van der Waals surface area (Å²) < 4.78 is 1.63. The van der Waals surface area contributed by atoms with Crippen LogP contribution in [-0.2, 0) is 0 Å². The molecule has 4 aromatic rings. The van der Waals surface area contributed by atoms with Crippen LogP contribution in [0.3, 0.4) is 0 Å². The normalized spacial score (nSPS) is 15.0. The van der Waals surface area contributed by atoms with Crippen LogP contribution in [0, 0.1) is 0 Å². The molecule has 0 saturated carbocycles. The number of nitrogens with one attached hydrogen (secondary N) is 2. The fourth-order valence-corrected chi connectivity index (χ4v) is 3.56. The second-order valence-electron chi connectivity index (χ2n) is 6.61. The van der Waals surface area contributed by atoms with E-state index in [0.717, 1.165) is 48.3 Å². The Bertz CT molecular complexity index is 1150. The van der Waals surface area contributed by atoms with Gasteiger partial charge < -0.3 is 15.2 Å². The van der Waals surface area contributed by atoms with E-state index in [2.05, 4.69) is 15.2 Å². The van der Waals surface area contributed by atoms with Crippen molar-refractivity contribution >= 4 is 22.2 Å². The fourth-order valence-electron chi connectivity index (χ4n) is 3.56. The lowest BCUT2D eigenvalue weighted by atomic mass is 10.1. The lowest BCUT2D eigenvalue weighted by Gasteiger charge is -2.29. The quantitative estimate of drug-likeness (QED) is 0.585. The van der Waals surface area contributed by atoms with Gasteiger partial charge in [0.2, 0.25) is 0 Å². The molecule has 4 heterocycles. The first kappa shape index (κ1) is 15.2. The average Bonchev–Trinajstić information content (AvgIpc) is 3.16. The number of pyridine rings is 1. The summed E-state index contributed by atoms with van der Waals surface area (Å²) in [6.45, 7) is 3.82. The molecule has 5 rings (SSSR count). The van der Waals surface area contributed by atoms with Crippen molar-refractivity contribution in [3.63, 3.8) is 0 Å². The van der Waals surface area contributed by atoms with Gasteiger partial charge >= 0.3 is 0 Å². The number of aromatic nitrogens is 3. The Morgan fingerprint density at radius 2 is 1.88 bits per heavy atom. The minimum Gasteiger partial charge on any atom is -0.368 e. The van der Waals surface area contributed by atoms with Crippen LogP contribution >= 0.6 is 0 Å². The first-order valence-electron chi connectivity index (χ1n) is 8.85. The number of nitrogens with zero attached hydrogens (tertiary/aromatic N) is 3. The van der Waals surface area contributed by atoms with Crippen LogP contribution in [0.25, 0.3) is 27.8 Å². The van der Waals surface area contributed by atoms with Crippen LogP contribution < -0.4 is 15.8 Å². The predicted molar refractivity (Wildman–Crippen MR) is 104 cm³/mol. The van der Waals surface area contributed by atoms with Crippen LogP contribution in [0.2, 0.25) is 0 Å². The number of hydrogen-bond acceptors (Lipinski definition) is 4. The lowest BCUT2D eigenvalue weighted by Crippen LogP contribution is -2.43. The van der Waals surface area contributed by atoms with E-state index in [-0.39, 0.29) is 5.56 Å². The van der Waals surface area contributed by atoms with E-state index < -0.39 is 0 Å². The Hall–Kier alpha value is -3.12. The molecule has 1 aliphatic heterocycles. The van der Waals surface area contributed by atoms with Crippen molar-refractivity contribution in [2.75, 3.05) is 31.1 Å². The van der Waals surface area contributed by atoms with Gasteiger partial charge in [-0.1, -0.05) is 12.1 Å². The standard InChI is InChI=1S/C20H19N5O/c26-20-12-18(15-2-1-14-5-6-22-17(14)11-15)23-19-4-3-16(13-25(19)20)24-9-7-21-8-10-24/h1-6,11-13,21-22H,7-10H2. The molecular weight excluding hydrogens is 326 g/mol. The van der Waals surface area contributed by atoms with Crippen LogP contribution in [0.5, 0.6) is 0 Å². The highest BCUT2D eigenvalue weighted by Gasteiger charge is 2.12. The molecule has 0 bridgehead atoms. The van der Waals surface area contributed by atoms with E-state index in [0.29, 0.717) is 11.3 Å². The van der Waals surface area contributed by atoms with Crippen molar-refractivity contribution in [2.45, 2.75) is 0 Å². The Balaban J connectivity index is 1.59. The SMILES string of the molecule is O=c1cc(-c2ccc3cc[nH]c3c2)nc2ccc(N3CCNCC3)cn12. The molecule has 3 aromatic heterocycles. The number of H-pyrrole nitrogens is 1. The van der Waals surface area contributed by atoms with Crippen molar-refractivity contribution in [1.29, 1.82) is 0 Å². The molecule has 26 heavy (non-hydrogen) atoms. The minimum atomic E-state index is -0.0615. The highest BCUT2D eigenvalue weighted by Crippen LogP contribution is 2.22. The zero-order chi connectivity index (χ0) is 17.5. The predicted octanol–water partition coefficient (Wildman–Crippen LogP) is 2.25. The van der Waals surface area contributed by atoms with Crippen molar-refractivity contribution < 1.29 is 0 Å². The molecule has 0 unspecified atom stereocenters. The summed E-state index contributed by atoms with van der Waals surface area (Å²) >= 11 is 0. The van der Waals surface area contributed by atoms with Crippen molar-refractivity contribution in [3.8, 4) is 11.3 Å². The Morgan fingerprint density at radius 1 is 1.00 bits per heavy atom. The molecule has 1 aliphatic rings. The largest absolute Gasteiger partial charge is 0.368 e. The molecule has 0 atom stereocenters. The maximum absolute atomic E-state index is 12.7. The van der Waals surface area contributed by atoms with Crippen LogP contribution in [0.1, 0.15) is 0 Å². The maximum Gasteiger partial charge on any atom is 0.258 e. The molecule has 0 amide bonds. The average molecular weight is 345 g/mol. The van der Waals surface area contributed by atoms with E-state index in [1.165, 1.54) is 0 Å². The Morgan fingerprint density at radius 3 is 2.77 bits per heavy atom. The van der Waals surface area contributed by atoms with Gasteiger partial charge in [0.25, 0.3) is 5.56 Å². The summed E-state index contributed by atoms with van der Waals surface area (Å²) in [5.74, 6) is 0. The van der Waals surface area contributed by atoms with Gasteiger partial charge in [-0.25, -0.2) is 4.98 Å². The van der Waals surface area contributed by atoms with E-state index in [1.54, 1.807) is 10.5 Å². The molecule has 0 spiro atoms. The summed E-state index contributed by atoms with van der Waals surface area (Å²) in [6.07, 6.45) is 3.81. The number of anilines is 1. The summed E-state index contributed by atoms with van der Waals surface area (Å²) in [6, 6.07) is 13.7. The Kier molecular flexibility index (Phi) is 3.50. The van der Waals surface area contributed by atoms with Crippen LogP contribution in [-0.4, -0.2) is 40.5 Å². The lowest BCUT2D eigenvalue weighted by molar-refractivity contribution is 0.588. The minimum absolute atomic E-state index is 0.0615. The summed E-state index contributed by atoms with van der Waals surface area (Å²) in [4.78, 5) is 22.9. The number of aromatic amines is 1. The van der Waals surface area contributed by atoms with Gasteiger partial charge in [-0.05, 0) is 29.7 Å². The number of piperazine rings is 1. The van der Waals surface area contributed by atoms with E-state index >= 15 is 0 Å². The molecule has 1 saturated heterocycles. The first-order valence-corrected chi connectivity index (χ1v) is 8.85. The third-order valence-electron chi connectivity index (χ3n) is 4.98. The van der Waals surface area contributed by atoms with E-state index in [1.807, 2.05) is 48.8 Å². The van der Waals surface area contributed by atoms with Crippen molar-refractivity contribution in [1.82, 2.24) is 19.7 Å². The third-order valence-corrected chi connectivity index (χ3v) is 4.98. The molecule has 6 nitrogen and oxygen atoms in total. The molecule has 130 valence electrons. The number of hydrogen-bond donors (Lipinski definition) is 2. The Labute approximate surface area is 150 Å². The number of benzene rings is 1. The molecule has 0 aliphatic carbocycles. The van der Waals surface area contributed by atoms with Gasteiger partial charge in [0.15, 0.2) is 0 Å². The van der Waals surface area contributed by atoms with Gasteiger partial charge in [0.05, 0.1) is 11.4 Å². The summed E-state index contributed by atoms with van der Waals surface area (Å²) in [7, 11) is 0. The zero-order valence-electron chi connectivity index (χ0n) is 14.3. The third kappa shape index (κ3) is 2.55. The molecule has 6 heteroatoms.